The van der Waals surface area contributed by atoms with E-state index in [2.05, 4.69) is 10.6 Å². The third-order valence-electron chi connectivity index (χ3n) is 4.86. The van der Waals surface area contributed by atoms with Crippen molar-refractivity contribution in [1.29, 1.82) is 0 Å². The lowest BCUT2D eigenvalue weighted by Gasteiger charge is -2.22. The smallest absolute Gasteiger partial charge is 0.328 e. The average molecular weight is 414 g/mol. The lowest BCUT2D eigenvalue weighted by Crippen LogP contribution is -2.53. The van der Waals surface area contributed by atoms with Crippen LogP contribution in [0.3, 0.4) is 0 Å². The number of aryl methyl sites for hydroxylation is 2. The summed E-state index contributed by atoms with van der Waals surface area (Å²) in [5.74, 6) is -1.88. The van der Waals surface area contributed by atoms with Gasteiger partial charge >= 0.3 is 5.97 Å². The topological polar surface area (TPSA) is 84.5 Å². The van der Waals surface area contributed by atoms with Gasteiger partial charge < -0.3 is 15.4 Å². The summed E-state index contributed by atoms with van der Waals surface area (Å²) in [6.07, 6.45) is 0.409. The van der Waals surface area contributed by atoms with Crippen LogP contribution < -0.4 is 10.6 Å². The van der Waals surface area contributed by atoms with Crippen LogP contribution in [0.2, 0.25) is 0 Å². The molecule has 2 atom stereocenters. The SMILES string of the molecule is COC(=O)[C@@H](Cc1ccc(C)c(C)c1)NC(=O)[C@@H](Cc1ccc(F)cc1)NC(C)=O. The first kappa shape index (κ1) is 23.1. The lowest BCUT2D eigenvalue weighted by molar-refractivity contribution is -0.145. The van der Waals surface area contributed by atoms with Crippen LogP contribution in [0, 0.1) is 19.7 Å². The number of halogens is 1. The second-order valence-electron chi connectivity index (χ2n) is 7.29. The summed E-state index contributed by atoms with van der Waals surface area (Å²) in [4.78, 5) is 36.8. The number of hydrogen-bond acceptors (Lipinski definition) is 4. The maximum absolute atomic E-state index is 13.2. The van der Waals surface area contributed by atoms with Gasteiger partial charge in [-0.3, -0.25) is 9.59 Å². The number of esters is 1. The molecule has 2 aromatic carbocycles. The van der Waals surface area contributed by atoms with Gasteiger partial charge in [0.1, 0.15) is 17.9 Å². The molecule has 2 N–H and O–H groups in total. The molecule has 2 rings (SSSR count). The fourth-order valence-electron chi connectivity index (χ4n) is 3.08. The summed E-state index contributed by atoms with van der Waals surface area (Å²) in [6.45, 7) is 5.27. The van der Waals surface area contributed by atoms with Gasteiger partial charge in [0.05, 0.1) is 7.11 Å². The Bertz CT molecular complexity index is 912. The molecule has 0 unspecified atom stereocenters. The monoisotopic (exact) mass is 414 g/mol. The fraction of sp³-hybridized carbons (Fsp3) is 0.348. The minimum Gasteiger partial charge on any atom is -0.467 e. The molecular weight excluding hydrogens is 387 g/mol. The van der Waals surface area contributed by atoms with E-state index in [9.17, 15) is 18.8 Å². The Balaban J connectivity index is 2.18. The third kappa shape index (κ3) is 6.69. The van der Waals surface area contributed by atoms with Crippen molar-refractivity contribution in [2.75, 3.05) is 7.11 Å². The number of carbonyl (C=O) groups is 3. The maximum Gasteiger partial charge on any atom is 0.328 e. The molecule has 30 heavy (non-hydrogen) atoms. The van der Waals surface area contributed by atoms with E-state index in [-0.39, 0.29) is 18.7 Å². The van der Waals surface area contributed by atoms with Gasteiger partial charge in [-0.15, -0.1) is 0 Å². The molecule has 0 heterocycles. The Morgan fingerprint density at radius 3 is 2.07 bits per heavy atom. The number of rotatable bonds is 8. The second kappa shape index (κ2) is 10.5. The standard InChI is InChI=1S/C23H27FN2O4/c1-14-5-6-18(11-15(14)2)13-21(23(29)30-4)26-22(28)20(25-16(3)27)12-17-7-9-19(24)10-8-17/h5-11,20-21H,12-13H2,1-4H3,(H,25,27)(H,26,28)/t20-,21-/m1/s1. The highest BCUT2D eigenvalue weighted by atomic mass is 19.1. The summed E-state index contributed by atoms with van der Waals surface area (Å²) in [6, 6.07) is 9.65. The first-order valence-corrected chi connectivity index (χ1v) is 9.65. The largest absolute Gasteiger partial charge is 0.467 e. The van der Waals surface area contributed by atoms with E-state index in [1.165, 1.54) is 26.2 Å². The van der Waals surface area contributed by atoms with E-state index >= 15 is 0 Å². The molecule has 0 aliphatic rings. The number of hydrogen-bond donors (Lipinski definition) is 2. The zero-order valence-electron chi connectivity index (χ0n) is 17.6. The van der Waals surface area contributed by atoms with Crippen molar-refractivity contribution < 1.29 is 23.5 Å². The molecule has 0 bridgehead atoms. The lowest BCUT2D eigenvalue weighted by atomic mass is 10.00. The summed E-state index contributed by atoms with van der Waals surface area (Å²) >= 11 is 0. The van der Waals surface area contributed by atoms with Crippen LogP contribution in [0.5, 0.6) is 0 Å². The Hall–Kier alpha value is -3.22. The van der Waals surface area contributed by atoms with Crippen LogP contribution in [0.25, 0.3) is 0 Å². The van der Waals surface area contributed by atoms with E-state index in [4.69, 9.17) is 4.74 Å². The molecule has 0 aliphatic carbocycles. The van der Waals surface area contributed by atoms with Crippen LogP contribution >= 0.6 is 0 Å². The Kier molecular flexibility index (Phi) is 8.09. The van der Waals surface area contributed by atoms with Crippen LogP contribution in [0.4, 0.5) is 4.39 Å². The number of carbonyl (C=O) groups excluding carboxylic acids is 3. The quantitative estimate of drug-likeness (QED) is 0.650. The summed E-state index contributed by atoms with van der Waals surface area (Å²) in [5.41, 5.74) is 3.76. The summed E-state index contributed by atoms with van der Waals surface area (Å²) < 4.78 is 18.0. The molecule has 0 aromatic heterocycles. The van der Waals surface area contributed by atoms with Crippen molar-refractivity contribution in [2.24, 2.45) is 0 Å². The van der Waals surface area contributed by atoms with E-state index in [1.54, 1.807) is 12.1 Å². The molecule has 0 aliphatic heterocycles. The molecular formula is C23H27FN2O4. The highest BCUT2D eigenvalue weighted by molar-refractivity contribution is 5.90. The van der Waals surface area contributed by atoms with Gasteiger partial charge in [-0.05, 0) is 48.2 Å². The molecule has 0 fully saturated rings. The Labute approximate surface area is 175 Å². The average Bonchev–Trinajstić information content (AvgIpc) is 2.70. The molecule has 0 saturated carbocycles. The van der Waals surface area contributed by atoms with E-state index in [1.807, 2.05) is 32.0 Å². The van der Waals surface area contributed by atoms with Crippen molar-refractivity contribution >= 4 is 17.8 Å². The molecule has 2 aromatic rings. The highest BCUT2D eigenvalue weighted by Gasteiger charge is 2.27. The van der Waals surface area contributed by atoms with Crippen LogP contribution in [0.1, 0.15) is 29.2 Å². The molecule has 160 valence electrons. The van der Waals surface area contributed by atoms with Crippen LogP contribution in [0.15, 0.2) is 42.5 Å². The number of methoxy groups -OCH3 is 1. The molecule has 7 heteroatoms. The van der Waals surface area contributed by atoms with Gasteiger partial charge in [-0.1, -0.05) is 30.3 Å². The summed E-state index contributed by atoms with van der Waals surface area (Å²) in [7, 11) is 1.26. The van der Waals surface area contributed by atoms with Gasteiger partial charge in [0.15, 0.2) is 0 Å². The second-order valence-corrected chi connectivity index (χ2v) is 7.29. The van der Waals surface area contributed by atoms with Gasteiger partial charge in [-0.25, -0.2) is 9.18 Å². The van der Waals surface area contributed by atoms with Gasteiger partial charge in [0.25, 0.3) is 0 Å². The van der Waals surface area contributed by atoms with E-state index in [0.717, 1.165) is 16.7 Å². The number of nitrogens with one attached hydrogen (secondary N) is 2. The number of amides is 2. The molecule has 0 saturated heterocycles. The predicted molar refractivity (Wildman–Crippen MR) is 111 cm³/mol. The third-order valence-corrected chi connectivity index (χ3v) is 4.86. The minimum absolute atomic E-state index is 0.156. The van der Waals surface area contributed by atoms with Crippen molar-refractivity contribution in [3.63, 3.8) is 0 Å². The highest BCUT2D eigenvalue weighted by Crippen LogP contribution is 2.13. The number of ether oxygens (including phenoxy) is 1. The van der Waals surface area contributed by atoms with Gasteiger partial charge in [0, 0.05) is 19.8 Å². The molecule has 0 radical (unpaired) electrons. The van der Waals surface area contributed by atoms with E-state index in [0.29, 0.717) is 5.56 Å². The van der Waals surface area contributed by atoms with Crippen molar-refractivity contribution in [1.82, 2.24) is 10.6 Å². The van der Waals surface area contributed by atoms with Crippen molar-refractivity contribution in [3.8, 4) is 0 Å². The Morgan fingerprint density at radius 2 is 1.50 bits per heavy atom. The minimum atomic E-state index is -0.917. The normalized spacial score (nSPS) is 12.6. The van der Waals surface area contributed by atoms with Crippen LogP contribution in [-0.4, -0.2) is 37.0 Å². The van der Waals surface area contributed by atoms with E-state index < -0.39 is 29.8 Å². The first-order valence-electron chi connectivity index (χ1n) is 9.65. The molecule has 0 spiro atoms. The predicted octanol–water partition coefficient (Wildman–Crippen LogP) is 2.39. The number of benzene rings is 2. The first-order chi connectivity index (χ1) is 14.2. The van der Waals surface area contributed by atoms with Crippen molar-refractivity contribution in [3.05, 3.63) is 70.5 Å². The van der Waals surface area contributed by atoms with Crippen molar-refractivity contribution in [2.45, 2.75) is 45.7 Å². The fourth-order valence-corrected chi connectivity index (χ4v) is 3.08. The van der Waals surface area contributed by atoms with Gasteiger partial charge in [-0.2, -0.15) is 0 Å². The van der Waals surface area contributed by atoms with Crippen LogP contribution in [-0.2, 0) is 32.0 Å². The zero-order chi connectivity index (χ0) is 22.3. The maximum atomic E-state index is 13.2. The Morgan fingerprint density at radius 1 is 0.900 bits per heavy atom. The zero-order valence-corrected chi connectivity index (χ0v) is 17.6. The molecule has 2 amide bonds. The van der Waals surface area contributed by atoms with Gasteiger partial charge in [0.2, 0.25) is 11.8 Å². The molecule has 6 nitrogen and oxygen atoms in total. The summed E-state index contributed by atoms with van der Waals surface area (Å²) in [5, 5.41) is 5.27.